The molecule has 1 aromatic rings. The number of anilines is 1. The smallest absolute Gasteiger partial charge is 0.305 e. The van der Waals surface area contributed by atoms with Crippen LogP contribution in [0.3, 0.4) is 0 Å². The molecule has 1 atom stereocenters. The molecule has 0 fully saturated rings. The fourth-order valence-electron chi connectivity index (χ4n) is 1.64. The van der Waals surface area contributed by atoms with E-state index in [1.165, 1.54) is 6.07 Å². The van der Waals surface area contributed by atoms with Crippen LogP contribution in [0.2, 0.25) is 0 Å². The molecule has 1 unspecified atom stereocenters. The summed E-state index contributed by atoms with van der Waals surface area (Å²) in [6.45, 7) is 1.85. The first kappa shape index (κ1) is 14.5. The molecule has 1 rings (SSSR count). The molecule has 0 saturated carbocycles. The number of para-hydroxylation sites is 1. The molecule has 0 saturated heterocycles. The topological polar surface area (TPSA) is 83.5 Å². The fourth-order valence-corrected chi connectivity index (χ4v) is 2.49. The van der Waals surface area contributed by atoms with Crippen molar-refractivity contribution in [2.45, 2.75) is 30.7 Å². The molecule has 0 aliphatic heterocycles. The van der Waals surface area contributed by atoms with Crippen LogP contribution in [0.25, 0.3) is 0 Å². The SMILES string of the molecule is CCC(CC(=O)O)Nc1ccccc1S(C)(=O)=O. The van der Waals surface area contributed by atoms with Crippen molar-refractivity contribution in [3.05, 3.63) is 24.3 Å². The maximum Gasteiger partial charge on any atom is 0.305 e. The van der Waals surface area contributed by atoms with E-state index in [0.29, 0.717) is 12.1 Å². The molecular weight excluding hydrogens is 254 g/mol. The summed E-state index contributed by atoms with van der Waals surface area (Å²) in [5.74, 6) is -0.911. The number of rotatable bonds is 6. The van der Waals surface area contributed by atoms with Crippen LogP contribution in [-0.4, -0.2) is 31.8 Å². The highest BCUT2D eigenvalue weighted by Crippen LogP contribution is 2.22. The summed E-state index contributed by atoms with van der Waals surface area (Å²) in [6, 6.07) is 6.21. The van der Waals surface area contributed by atoms with E-state index in [1.807, 2.05) is 6.92 Å². The summed E-state index contributed by atoms with van der Waals surface area (Å²) in [5, 5.41) is 11.7. The second kappa shape index (κ2) is 5.86. The minimum absolute atomic E-state index is 0.0470. The molecule has 0 heterocycles. The van der Waals surface area contributed by atoms with Crippen molar-refractivity contribution in [3.63, 3.8) is 0 Å². The molecule has 0 aromatic heterocycles. The van der Waals surface area contributed by atoms with E-state index in [0.717, 1.165) is 6.26 Å². The van der Waals surface area contributed by atoms with E-state index in [2.05, 4.69) is 5.32 Å². The third kappa shape index (κ3) is 4.03. The van der Waals surface area contributed by atoms with Crippen molar-refractivity contribution in [3.8, 4) is 0 Å². The van der Waals surface area contributed by atoms with Crippen LogP contribution in [0.15, 0.2) is 29.2 Å². The number of aliphatic carboxylic acids is 1. The van der Waals surface area contributed by atoms with Gasteiger partial charge in [0.15, 0.2) is 9.84 Å². The minimum atomic E-state index is -3.33. The van der Waals surface area contributed by atoms with Gasteiger partial charge in [-0.05, 0) is 18.6 Å². The van der Waals surface area contributed by atoms with Gasteiger partial charge in [0.25, 0.3) is 0 Å². The molecule has 0 aliphatic rings. The lowest BCUT2D eigenvalue weighted by Crippen LogP contribution is -2.23. The third-order valence-corrected chi connectivity index (χ3v) is 3.71. The molecule has 0 aliphatic carbocycles. The Morgan fingerprint density at radius 1 is 1.39 bits per heavy atom. The zero-order valence-electron chi connectivity index (χ0n) is 10.4. The lowest BCUT2D eigenvalue weighted by Gasteiger charge is -2.18. The van der Waals surface area contributed by atoms with Gasteiger partial charge in [0, 0.05) is 12.3 Å². The van der Waals surface area contributed by atoms with Crippen molar-refractivity contribution in [1.82, 2.24) is 0 Å². The van der Waals surface area contributed by atoms with Crippen LogP contribution in [0, 0.1) is 0 Å². The molecule has 100 valence electrons. The van der Waals surface area contributed by atoms with Gasteiger partial charge >= 0.3 is 5.97 Å². The summed E-state index contributed by atoms with van der Waals surface area (Å²) < 4.78 is 23.2. The second-order valence-corrected chi connectivity index (χ2v) is 6.10. The standard InChI is InChI=1S/C12H17NO4S/c1-3-9(8-12(14)15)13-10-6-4-5-7-11(10)18(2,16)17/h4-7,9,13H,3,8H2,1-2H3,(H,14,15). The number of nitrogens with one attached hydrogen (secondary N) is 1. The van der Waals surface area contributed by atoms with Crippen molar-refractivity contribution < 1.29 is 18.3 Å². The number of carboxylic acid groups (broad SMARTS) is 1. The Labute approximate surface area is 107 Å². The lowest BCUT2D eigenvalue weighted by molar-refractivity contribution is -0.137. The average Bonchev–Trinajstić information content (AvgIpc) is 2.26. The molecule has 6 heteroatoms. The van der Waals surface area contributed by atoms with Crippen molar-refractivity contribution in [2.24, 2.45) is 0 Å². The van der Waals surface area contributed by atoms with Crippen molar-refractivity contribution >= 4 is 21.5 Å². The molecule has 0 spiro atoms. The van der Waals surface area contributed by atoms with Gasteiger partial charge in [-0.3, -0.25) is 4.79 Å². The maximum absolute atomic E-state index is 11.6. The molecule has 0 bridgehead atoms. The van der Waals surface area contributed by atoms with Crippen LogP contribution >= 0.6 is 0 Å². The zero-order valence-corrected chi connectivity index (χ0v) is 11.2. The summed E-state index contributed by atoms with van der Waals surface area (Å²) >= 11 is 0. The van der Waals surface area contributed by atoms with E-state index in [4.69, 9.17) is 5.11 Å². The van der Waals surface area contributed by atoms with Gasteiger partial charge in [0.2, 0.25) is 0 Å². The maximum atomic E-state index is 11.6. The van der Waals surface area contributed by atoms with Crippen molar-refractivity contribution in [2.75, 3.05) is 11.6 Å². The first-order chi connectivity index (χ1) is 8.34. The largest absolute Gasteiger partial charge is 0.481 e. The Kier molecular flexibility index (Phi) is 4.72. The number of carbonyl (C=O) groups is 1. The van der Waals surface area contributed by atoms with Crippen LogP contribution in [0.4, 0.5) is 5.69 Å². The van der Waals surface area contributed by atoms with Gasteiger partial charge < -0.3 is 10.4 Å². The predicted molar refractivity (Wildman–Crippen MR) is 69.5 cm³/mol. The highest BCUT2D eigenvalue weighted by molar-refractivity contribution is 7.90. The number of carboxylic acids is 1. The van der Waals surface area contributed by atoms with E-state index in [1.54, 1.807) is 18.2 Å². The Morgan fingerprint density at radius 2 is 2.00 bits per heavy atom. The third-order valence-electron chi connectivity index (χ3n) is 2.56. The molecular formula is C12H17NO4S. The summed E-state index contributed by atoms with van der Waals surface area (Å²) in [5.41, 5.74) is 0.452. The molecule has 18 heavy (non-hydrogen) atoms. The minimum Gasteiger partial charge on any atom is -0.481 e. The van der Waals surface area contributed by atoms with Gasteiger partial charge in [-0.1, -0.05) is 19.1 Å². The van der Waals surface area contributed by atoms with Crippen LogP contribution < -0.4 is 5.32 Å². The van der Waals surface area contributed by atoms with Gasteiger partial charge in [-0.2, -0.15) is 0 Å². The highest BCUT2D eigenvalue weighted by atomic mass is 32.2. The quantitative estimate of drug-likeness (QED) is 0.823. The Morgan fingerprint density at radius 3 is 2.50 bits per heavy atom. The number of hydrogen-bond acceptors (Lipinski definition) is 4. The van der Waals surface area contributed by atoms with Crippen molar-refractivity contribution in [1.29, 1.82) is 0 Å². The fraction of sp³-hybridized carbons (Fsp3) is 0.417. The lowest BCUT2D eigenvalue weighted by atomic mass is 10.1. The number of sulfone groups is 1. The van der Waals surface area contributed by atoms with Gasteiger partial charge in [-0.15, -0.1) is 0 Å². The van der Waals surface area contributed by atoms with E-state index >= 15 is 0 Å². The van der Waals surface area contributed by atoms with Gasteiger partial charge in [0.1, 0.15) is 0 Å². The second-order valence-electron chi connectivity index (χ2n) is 4.12. The Balaban J connectivity index is 3.00. The summed E-state index contributed by atoms with van der Waals surface area (Å²) in [6.07, 6.45) is 1.69. The van der Waals surface area contributed by atoms with E-state index < -0.39 is 15.8 Å². The Bertz CT molecular complexity index is 525. The Hall–Kier alpha value is -1.56. The molecule has 1 aromatic carbocycles. The van der Waals surface area contributed by atoms with Crippen LogP contribution in [0.5, 0.6) is 0 Å². The van der Waals surface area contributed by atoms with E-state index in [9.17, 15) is 13.2 Å². The molecule has 0 radical (unpaired) electrons. The number of benzene rings is 1. The zero-order chi connectivity index (χ0) is 13.8. The van der Waals surface area contributed by atoms with E-state index in [-0.39, 0.29) is 17.4 Å². The first-order valence-corrected chi connectivity index (χ1v) is 7.51. The average molecular weight is 271 g/mol. The first-order valence-electron chi connectivity index (χ1n) is 5.62. The predicted octanol–water partition coefficient (Wildman–Crippen LogP) is 1.76. The monoisotopic (exact) mass is 271 g/mol. The van der Waals surface area contributed by atoms with Crippen LogP contribution in [-0.2, 0) is 14.6 Å². The van der Waals surface area contributed by atoms with Gasteiger partial charge in [-0.25, -0.2) is 8.42 Å². The van der Waals surface area contributed by atoms with Crippen LogP contribution in [0.1, 0.15) is 19.8 Å². The highest BCUT2D eigenvalue weighted by Gasteiger charge is 2.16. The molecule has 2 N–H and O–H groups in total. The molecule has 5 nitrogen and oxygen atoms in total. The molecule has 0 amide bonds. The normalized spacial score (nSPS) is 13.0. The summed E-state index contributed by atoms with van der Waals surface area (Å²) in [7, 11) is -3.33. The summed E-state index contributed by atoms with van der Waals surface area (Å²) in [4.78, 5) is 10.9. The van der Waals surface area contributed by atoms with Gasteiger partial charge in [0.05, 0.1) is 17.0 Å². The number of hydrogen-bond donors (Lipinski definition) is 2.